The number of hydrogen-bond acceptors (Lipinski definition) is 4. The molecule has 0 amide bonds. The smallest absolute Gasteiger partial charge is 0.0965 e. The van der Waals surface area contributed by atoms with Gasteiger partial charge in [-0.15, -0.1) is 0 Å². The quantitative estimate of drug-likeness (QED) is 0.680. The Bertz CT molecular complexity index is 246. The lowest BCUT2D eigenvalue weighted by molar-refractivity contribution is 0.0740. The Kier molecular flexibility index (Phi) is 7.99. The third-order valence-corrected chi connectivity index (χ3v) is 3.46. The lowest BCUT2D eigenvalue weighted by Crippen LogP contribution is -2.37. The van der Waals surface area contributed by atoms with Crippen LogP contribution in [0.2, 0.25) is 0 Å². The maximum Gasteiger partial charge on any atom is 0.0965 e. The summed E-state index contributed by atoms with van der Waals surface area (Å²) in [7, 11) is 0. The van der Waals surface area contributed by atoms with E-state index in [1.807, 2.05) is 0 Å². The molecule has 0 spiro atoms. The van der Waals surface area contributed by atoms with Gasteiger partial charge in [-0.1, -0.05) is 13.8 Å². The number of rotatable bonds is 9. The molecule has 0 aromatic rings. The highest BCUT2D eigenvalue weighted by atomic mass is 16.5. The minimum Gasteiger partial charge on any atom is -0.377 e. The third-order valence-electron chi connectivity index (χ3n) is 3.46. The summed E-state index contributed by atoms with van der Waals surface area (Å²) in [5.74, 6) is 0. The van der Waals surface area contributed by atoms with Crippen molar-refractivity contribution in [3.63, 3.8) is 0 Å². The summed E-state index contributed by atoms with van der Waals surface area (Å²) < 4.78 is 5.66. The predicted octanol–water partition coefficient (Wildman–Crippen LogP) is 1.77. The van der Waals surface area contributed by atoms with E-state index in [2.05, 4.69) is 30.1 Å². The normalized spacial score (nSPS) is 21.1. The second-order valence-corrected chi connectivity index (χ2v) is 4.95. The second kappa shape index (κ2) is 9.32. The van der Waals surface area contributed by atoms with Crippen LogP contribution < -0.4 is 5.32 Å². The molecule has 1 aliphatic rings. The molecule has 1 N–H and O–H groups in total. The van der Waals surface area contributed by atoms with Crippen LogP contribution in [-0.2, 0) is 4.74 Å². The Morgan fingerprint density at radius 1 is 1.50 bits per heavy atom. The van der Waals surface area contributed by atoms with Gasteiger partial charge in [-0.25, -0.2) is 0 Å². The van der Waals surface area contributed by atoms with E-state index < -0.39 is 0 Å². The minimum absolute atomic E-state index is 0.0107. The van der Waals surface area contributed by atoms with Gasteiger partial charge in [0.2, 0.25) is 0 Å². The summed E-state index contributed by atoms with van der Waals surface area (Å²) >= 11 is 0. The van der Waals surface area contributed by atoms with Crippen LogP contribution >= 0.6 is 0 Å². The topological polar surface area (TPSA) is 48.3 Å². The maximum atomic E-state index is 9.07. The monoisotopic (exact) mass is 253 g/mol. The third kappa shape index (κ3) is 5.81. The van der Waals surface area contributed by atoms with E-state index in [9.17, 15) is 0 Å². The summed E-state index contributed by atoms with van der Waals surface area (Å²) in [6.45, 7) is 9.17. The molecular formula is C14H27N3O. The fourth-order valence-corrected chi connectivity index (χ4v) is 2.30. The molecule has 0 aromatic carbocycles. The Balaban J connectivity index is 2.22. The first-order chi connectivity index (χ1) is 8.80. The van der Waals surface area contributed by atoms with Crippen molar-refractivity contribution in [3.8, 4) is 6.07 Å². The molecule has 4 nitrogen and oxygen atoms in total. The van der Waals surface area contributed by atoms with Crippen LogP contribution in [0.15, 0.2) is 0 Å². The first kappa shape index (κ1) is 15.4. The highest BCUT2D eigenvalue weighted by molar-refractivity contribution is 4.90. The zero-order chi connectivity index (χ0) is 13.2. The molecule has 1 saturated heterocycles. The Morgan fingerprint density at radius 3 is 2.89 bits per heavy atom. The zero-order valence-electron chi connectivity index (χ0n) is 11.8. The molecular weight excluding hydrogens is 226 g/mol. The Hall–Kier alpha value is -0.630. The number of hydrogen-bond donors (Lipinski definition) is 1. The van der Waals surface area contributed by atoms with Crippen molar-refractivity contribution in [2.45, 2.75) is 51.7 Å². The molecule has 0 radical (unpaired) electrons. The van der Waals surface area contributed by atoms with Crippen LogP contribution in [-0.4, -0.2) is 49.8 Å². The van der Waals surface area contributed by atoms with E-state index in [1.54, 1.807) is 0 Å². The van der Waals surface area contributed by atoms with Crippen LogP contribution in [0.3, 0.4) is 0 Å². The van der Waals surface area contributed by atoms with Gasteiger partial charge < -0.3 is 15.0 Å². The number of ether oxygens (including phenoxy) is 1. The van der Waals surface area contributed by atoms with Crippen LogP contribution in [0.1, 0.15) is 39.5 Å². The summed E-state index contributed by atoms with van der Waals surface area (Å²) in [5, 5.41) is 12.3. The summed E-state index contributed by atoms with van der Waals surface area (Å²) in [6.07, 6.45) is 4.77. The minimum atomic E-state index is -0.0107. The molecule has 1 rings (SSSR count). The summed E-state index contributed by atoms with van der Waals surface area (Å²) in [4.78, 5) is 2.40. The van der Waals surface area contributed by atoms with Crippen LogP contribution in [0, 0.1) is 11.3 Å². The average Bonchev–Trinajstić information content (AvgIpc) is 2.90. The van der Waals surface area contributed by atoms with Gasteiger partial charge in [0.15, 0.2) is 0 Å². The van der Waals surface area contributed by atoms with E-state index in [-0.39, 0.29) is 6.04 Å². The van der Waals surface area contributed by atoms with Crippen molar-refractivity contribution in [1.82, 2.24) is 10.2 Å². The van der Waals surface area contributed by atoms with Gasteiger partial charge in [0.05, 0.1) is 18.2 Å². The summed E-state index contributed by atoms with van der Waals surface area (Å²) in [6, 6.07) is 2.33. The van der Waals surface area contributed by atoms with E-state index in [0.29, 0.717) is 6.10 Å². The van der Waals surface area contributed by atoms with Gasteiger partial charge >= 0.3 is 0 Å². The second-order valence-electron chi connectivity index (χ2n) is 4.95. The van der Waals surface area contributed by atoms with Gasteiger partial charge in [0.1, 0.15) is 0 Å². The van der Waals surface area contributed by atoms with Gasteiger partial charge in [-0.2, -0.15) is 5.26 Å². The predicted molar refractivity (Wildman–Crippen MR) is 73.4 cm³/mol. The van der Waals surface area contributed by atoms with Gasteiger partial charge in [-0.05, 0) is 38.8 Å². The van der Waals surface area contributed by atoms with E-state index in [0.717, 1.165) is 45.6 Å². The Morgan fingerprint density at radius 2 is 2.33 bits per heavy atom. The molecule has 0 aliphatic carbocycles. The maximum absolute atomic E-state index is 9.07. The van der Waals surface area contributed by atoms with Crippen molar-refractivity contribution in [2.75, 3.05) is 32.8 Å². The molecule has 4 heteroatoms. The van der Waals surface area contributed by atoms with Crippen LogP contribution in [0.25, 0.3) is 0 Å². The summed E-state index contributed by atoms with van der Waals surface area (Å²) in [5.41, 5.74) is 0. The fraction of sp³-hybridized carbons (Fsp3) is 0.929. The zero-order valence-corrected chi connectivity index (χ0v) is 11.8. The fourth-order valence-electron chi connectivity index (χ4n) is 2.30. The SMILES string of the molecule is CCCNC(C#N)CCN(CC)CC1CCCO1. The molecule has 1 aliphatic heterocycles. The van der Waals surface area contributed by atoms with E-state index >= 15 is 0 Å². The van der Waals surface area contributed by atoms with Crippen molar-refractivity contribution in [3.05, 3.63) is 0 Å². The lowest BCUT2D eigenvalue weighted by atomic mass is 10.2. The molecule has 0 bridgehead atoms. The van der Waals surface area contributed by atoms with Gasteiger partial charge in [0.25, 0.3) is 0 Å². The molecule has 18 heavy (non-hydrogen) atoms. The number of nitrogens with zero attached hydrogens (tertiary/aromatic N) is 2. The van der Waals surface area contributed by atoms with E-state index in [4.69, 9.17) is 10.00 Å². The lowest BCUT2D eigenvalue weighted by Gasteiger charge is -2.24. The molecule has 1 fully saturated rings. The molecule has 0 saturated carbocycles. The highest BCUT2D eigenvalue weighted by Crippen LogP contribution is 2.13. The number of nitrogens with one attached hydrogen (secondary N) is 1. The average molecular weight is 253 g/mol. The molecule has 2 atom stereocenters. The van der Waals surface area contributed by atoms with Crippen LogP contribution in [0.4, 0.5) is 0 Å². The Labute approximate surface area is 111 Å². The van der Waals surface area contributed by atoms with Gasteiger partial charge in [0, 0.05) is 19.7 Å². The first-order valence-corrected chi connectivity index (χ1v) is 7.27. The van der Waals surface area contributed by atoms with Gasteiger partial charge in [-0.3, -0.25) is 0 Å². The highest BCUT2D eigenvalue weighted by Gasteiger charge is 2.19. The van der Waals surface area contributed by atoms with Crippen molar-refractivity contribution in [2.24, 2.45) is 0 Å². The molecule has 1 heterocycles. The van der Waals surface area contributed by atoms with Crippen molar-refractivity contribution >= 4 is 0 Å². The van der Waals surface area contributed by atoms with Crippen LogP contribution in [0.5, 0.6) is 0 Å². The first-order valence-electron chi connectivity index (χ1n) is 7.27. The standard InChI is InChI=1S/C14H27N3O/c1-3-8-16-13(11-15)7-9-17(4-2)12-14-6-5-10-18-14/h13-14,16H,3-10,12H2,1-2H3. The largest absolute Gasteiger partial charge is 0.377 e. The van der Waals surface area contributed by atoms with E-state index in [1.165, 1.54) is 12.8 Å². The molecule has 2 unspecified atom stereocenters. The molecule has 0 aromatic heterocycles. The van der Waals surface area contributed by atoms with Crippen molar-refractivity contribution < 1.29 is 4.74 Å². The number of likely N-dealkylation sites (N-methyl/N-ethyl adjacent to an activating group) is 1. The number of nitriles is 1. The van der Waals surface area contributed by atoms with Crippen molar-refractivity contribution in [1.29, 1.82) is 5.26 Å². The molecule has 104 valence electrons.